The Morgan fingerprint density at radius 3 is 2.39 bits per heavy atom. The highest BCUT2D eigenvalue weighted by molar-refractivity contribution is 5.78. The van der Waals surface area contributed by atoms with Crippen LogP contribution in [-0.4, -0.2) is 15.5 Å². The molecule has 3 aromatic carbocycles. The Labute approximate surface area is 190 Å². The molecule has 0 aliphatic heterocycles. The molecule has 1 aromatic heterocycles. The maximum absolute atomic E-state index is 12.4. The number of carbonyl (C=O) groups excluding carboxylic acids is 1. The summed E-state index contributed by atoms with van der Waals surface area (Å²) in [6.45, 7) is 1.58. The Balaban J connectivity index is 1.30. The van der Waals surface area contributed by atoms with Gasteiger partial charge >= 0.3 is 5.69 Å². The lowest BCUT2D eigenvalue weighted by molar-refractivity contribution is -0.121. The molecule has 0 atom stereocenters. The Morgan fingerprint density at radius 2 is 1.55 bits per heavy atom. The molecule has 0 fully saturated rings. The minimum Gasteiger partial charge on any atom is -0.372 e. The third-order valence-corrected chi connectivity index (χ3v) is 5.33. The van der Waals surface area contributed by atoms with Crippen LogP contribution in [0.15, 0.2) is 88.5 Å². The molecule has 4 aromatic rings. The van der Waals surface area contributed by atoms with Gasteiger partial charge in [0.2, 0.25) is 5.91 Å². The lowest BCUT2D eigenvalue weighted by Gasteiger charge is -2.10. The van der Waals surface area contributed by atoms with Gasteiger partial charge in [0.25, 0.3) is 5.56 Å². The third kappa shape index (κ3) is 5.84. The van der Waals surface area contributed by atoms with Crippen molar-refractivity contribution in [3.05, 3.63) is 116 Å². The molecule has 0 unspecified atom stereocenters. The number of ether oxygens (including phenoxy) is 1. The number of aryl methyl sites for hydroxylation is 1. The predicted molar refractivity (Wildman–Crippen MR) is 127 cm³/mol. The molecule has 0 saturated carbocycles. The number of rotatable bonds is 9. The van der Waals surface area contributed by atoms with Crippen molar-refractivity contribution in [2.75, 3.05) is 0 Å². The summed E-state index contributed by atoms with van der Waals surface area (Å²) in [5, 5.41) is 3.31. The number of amides is 1. The van der Waals surface area contributed by atoms with Crippen molar-refractivity contribution in [2.45, 2.75) is 32.7 Å². The fraction of sp³-hybridized carbons (Fsp3) is 0.192. The van der Waals surface area contributed by atoms with Gasteiger partial charge in [0.15, 0.2) is 0 Å². The molecule has 1 heterocycles. The van der Waals surface area contributed by atoms with Crippen LogP contribution >= 0.6 is 0 Å². The fourth-order valence-corrected chi connectivity index (χ4v) is 3.66. The molecule has 0 aliphatic rings. The molecule has 0 radical (unpaired) electrons. The highest BCUT2D eigenvalue weighted by Crippen LogP contribution is 2.10. The zero-order valence-corrected chi connectivity index (χ0v) is 18.1. The molecule has 7 heteroatoms. The molecular weight excluding hydrogens is 418 g/mol. The van der Waals surface area contributed by atoms with Gasteiger partial charge in [-0.2, -0.15) is 0 Å². The molecule has 168 valence electrons. The number of hydrogen-bond donors (Lipinski definition) is 2. The third-order valence-electron chi connectivity index (χ3n) is 5.33. The Hall–Kier alpha value is -3.97. The summed E-state index contributed by atoms with van der Waals surface area (Å²) in [6, 6.07) is 24.7. The van der Waals surface area contributed by atoms with Gasteiger partial charge in [-0.3, -0.25) is 19.1 Å². The molecule has 33 heavy (non-hydrogen) atoms. The maximum Gasteiger partial charge on any atom is 0.328 e. The van der Waals surface area contributed by atoms with E-state index in [0.717, 1.165) is 16.7 Å². The summed E-state index contributed by atoms with van der Waals surface area (Å²) in [7, 11) is 0. The number of carbonyl (C=O) groups is 1. The van der Waals surface area contributed by atoms with E-state index in [1.165, 1.54) is 4.57 Å². The van der Waals surface area contributed by atoms with Crippen molar-refractivity contribution in [3.63, 3.8) is 0 Å². The van der Waals surface area contributed by atoms with E-state index >= 15 is 0 Å². The van der Waals surface area contributed by atoms with Crippen LogP contribution in [0.25, 0.3) is 10.9 Å². The van der Waals surface area contributed by atoms with E-state index in [-0.39, 0.29) is 18.9 Å². The highest BCUT2D eigenvalue weighted by atomic mass is 16.5. The van der Waals surface area contributed by atoms with Crippen LogP contribution in [0.1, 0.15) is 23.1 Å². The minimum absolute atomic E-state index is 0.121. The normalized spacial score (nSPS) is 10.9. The first kappa shape index (κ1) is 22.2. The van der Waals surface area contributed by atoms with Crippen molar-refractivity contribution in [1.82, 2.24) is 14.9 Å². The smallest absolute Gasteiger partial charge is 0.328 e. The molecule has 0 spiro atoms. The first-order valence-electron chi connectivity index (χ1n) is 10.8. The second kappa shape index (κ2) is 10.6. The van der Waals surface area contributed by atoms with E-state index in [9.17, 15) is 14.4 Å². The van der Waals surface area contributed by atoms with Gasteiger partial charge < -0.3 is 10.1 Å². The first-order valence-corrected chi connectivity index (χ1v) is 10.8. The monoisotopic (exact) mass is 443 g/mol. The van der Waals surface area contributed by atoms with Crippen LogP contribution in [0.4, 0.5) is 0 Å². The van der Waals surface area contributed by atoms with E-state index in [0.29, 0.717) is 30.7 Å². The van der Waals surface area contributed by atoms with Crippen LogP contribution in [0.5, 0.6) is 0 Å². The zero-order valence-electron chi connectivity index (χ0n) is 18.1. The highest BCUT2D eigenvalue weighted by Gasteiger charge is 2.09. The van der Waals surface area contributed by atoms with Gasteiger partial charge in [-0.25, -0.2) is 4.79 Å². The van der Waals surface area contributed by atoms with Crippen molar-refractivity contribution < 1.29 is 9.53 Å². The van der Waals surface area contributed by atoms with Crippen molar-refractivity contribution in [2.24, 2.45) is 0 Å². The SMILES string of the molecule is O=C(CCn1c(=O)[nH]c(=O)c2ccccc21)NCc1cccc(COCc2ccccc2)c1. The van der Waals surface area contributed by atoms with Crippen LogP contribution in [-0.2, 0) is 35.8 Å². The van der Waals surface area contributed by atoms with Crippen LogP contribution in [0.2, 0.25) is 0 Å². The standard InChI is InChI=1S/C26H25N3O4/c30-24(13-14-29-23-12-5-4-11-22(23)25(31)28-26(29)32)27-16-20-9-6-10-21(15-20)18-33-17-19-7-2-1-3-8-19/h1-12,15H,13-14,16-18H2,(H,27,30)(H,28,31,32). The summed E-state index contributed by atoms with van der Waals surface area (Å²) >= 11 is 0. The number of hydrogen-bond acceptors (Lipinski definition) is 4. The molecule has 2 N–H and O–H groups in total. The fourth-order valence-electron chi connectivity index (χ4n) is 3.66. The number of nitrogens with zero attached hydrogens (tertiary/aromatic N) is 1. The summed E-state index contributed by atoms with van der Waals surface area (Å²) in [5.74, 6) is -0.178. The average molecular weight is 444 g/mol. The van der Waals surface area contributed by atoms with Crippen molar-refractivity contribution in [3.8, 4) is 0 Å². The topological polar surface area (TPSA) is 93.2 Å². The van der Waals surface area contributed by atoms with Crippen LogP contribution < -0.4 is 16.6 Å². The second-order valence-electron chi connectivity index (χ2n) is 7.75. The number of benzene rings is 3. The van der Waals surface area contributed by atoms with Crippen molar-refractivity contribution >= 4 is 16.8 Å². The number of fused-ring (bicyclic) bond motifs is 1. The van der Waals surface area contributed by atoms with Crippen molar-refractivity contribution in [1.29, 1.82) is 0 Å². The number of aromatic nitrogens is 2. The van der Waals surface area contributed by atoms with Gasteiger partial charge in [-0.1, -0.05) is 66.7 Å². The molecule has 0 saturated heterocycles. The second-order valence-corrected chi connectivity index (χ2v) is 7.75. The van der Waals surface area contributed by atoms with Gasteiger partial charge in [0.1, 0.15) is 0 Å². The van der Waals surface area contributed by atoms with Gasteiger partial charge in [-0.15, -0.1) is 0 Å². The molecule has 0 bridgehead atoms. The zero-order chi connectivity index (χ0) is 23.0. The molecule has 7 nitrogen and oxygen atoms in total. The van der Waals surface area contributed by atoms with E-state index in [1.54, 1.807) is 24.3 Å². The van der Waals surface area contributed by atoms with E-state index in [1.807, 2.05) is 54.6 Å². The number of aromatic amines is 1. The number of H-pyrrole nitrogens is 1. The van der Waals surface area contributed by atoms with E-state index in [2.05, 4.69) is 10.3 Å². The Bertz CT molecular complexity index is 1360. The summed E-state index contributed by atoms with van der Waals surface area (Å²) < 4.78 is 7.20. The maximum atomic E-state index is 12.4. The molecule has 4 rings (SSSR count). The van der Waals surface area contributed by atoms with E-state index in [4.69, 9.17) is 4.74 Å². The average Bonchev–Trinajstić information content (AvgIpc) is 2.83. The number of nitrogens with one attached hydrogen (secondary N) is 2. The molecule has 1 amide bonds. The summed E-state index contributed by atoms with van der Waals surface area (Å²) in [6.07, 6.45) is 0.121. The Kier molecular flexibility index (Phi) is 7.12. The minimum atomic E-state index is -0.519. The van der Waals surface area contributed by atoms with Gasteiger partial charge in [0, 0.05) is 19.5 Å². The molecule has 0 aliphatic carbocycles. The van der Waals surface area contributed by atoms with Crippen LogP contribution in [0.3, 0.4) is 0 Å². The molecular formula is C26H25N3O4. The lowest BCUT2D eigenvalue weighted by atomic mass is 10.1. The summed E-state index contributed by atoms with van der Waals surface area (Å²) in [5.41, 5.74) is 2.69. The Morgan fingerprint density at radius 1 is 0.848 bits per heavy atom. The van der Waals surface area contributed by atoms with Gasteiger partial charge in [-0.05, 0) is 28.8 Å². The summed E-state index contributed by atoms with van der Waals surface area (Å²) in [4.78, 5) is 38.9. The predicted octanol–water partition coefficient (Wildman–Crippen LogP) is 3.11. The van der Waals surface area contributed by atoms with Crippen LogP contribution in [0, 0.1) is 0 Å². The largest absolute Gasteiger partial charge is 0.372 e. The number of para-hydroxylation sites is 1. The van der Waals surface area contributed by atoms with E-state index < -0.39 is 11.2 Å². The lowest BCUT2D eigenvalue weighted by Crippen LogP contribution is -2.32. The first-order chi connectivity index (χ1) is 16.1. The quantitative estimate of drug-likeness (QED) is 0.416. The van der Waals surface area contributed by atoms with Gasteiger partial charge in [0.05, 0.1) is 24.1 Å².